The Morgan fingerprint density at radius 2 is 2.00 bits per heavy atom. The van der Waals surface area contributed by atoms with Crippen molar-refractivity contribution in [3.8, 4) is 5.75 Å². The largest absolute Gasteiger partial charge is 0.415 e. The van der Waals surface area contributed by atoms with E-state index in [9.17, 15) is 9.59 Å². The minimum absolute atomic E-state index is 0.0116. The van der Waals surface area contributed by atoms with Crippen molar-refractivity contribution in [3.63, 3.8) is 0 Å². The summed E-state index contributed by atoms with van der Waals surface area (Å²) in [5.74, 6) is 0.657. The maximum atomic E-state index is 12.2. The van der Waals surface area contributed by atoms with E-state index in [0.29, 0.717) is 18.7 Å². The molecular weight excluding hydrogens is 242 g/mol. The second kappa shape index (κ2) is 6.36. The number of hydrogen-bond donors (Lipinski definition) is 0. The van der Waals surface area contributed by atoms with Gasteiger partial charge in [0.1, 0.15) is 11.5 Å². The van der Waals surface area contributed by atoms with Crippen LogP contribution < -0.4 is 4.74 Å². The number of likely N-dealkylation sites (tertiary alicyclic amines) is 1. The van der Waals surface area contributed by atoms with E-state index in [0.717, 1.165) is 19.3 Å². The summed E-state index contributed by atoms with van der Waals surface area (Å²) in [6, 6.07) is 9.01. The minimum Gasteiger partial charge on any atom is -0.410 e. The molecule has 1 aliphatic rings. The van der Waals surface area contributed by atoms with Crippen molar-refractivity contribution in [2.45, 2.75) is 38.6 Å². The Bertz CT molecular complexity index is 444. The molecule has 1 amide bonds. The average Bonchev–Trinajstić information content (AvgIpc) is 2.39. The first-order valence-corrected chi connectivity index (χ1v) is 6.70. The fourth-order valence-electron chi connectivity index (χ4n) is 2.43. The molecule has 0 saturated carbocycles. The van der Waals surface area contributed by atoms with Gasteiger partial charge in [-0.05, 0) is 38.3 Å². The highest BCUT2D eigenvalue weighted by Crippen LogP contribution is 2.21. The van der Waals surface area contributed by atoms with Crippen LogP contribution in [0.3, 0.4) is 0 Å². The molecular formula is C15H19NO3. The Morgan fingerprint density at radius 1 is 1.26 bits per heavy atom. The normalized spacial score (nSPS) is 19.0. The first-order chi connectivity index (χ1) is 9.16. The summed E-state index contributed by atoms with van der Waals surface area (Å²) in [6.07, 6.45) is 2.98. The molecule has 0 aliphatic carbocycles. The summed E-state index contributed by atoms with van der Waals surface area (Å²) in [4.78, 5) is 25.1. The highest BCUT2D eigenvalue weighted by Gasteiger charge is 2.28. The zero-order valence-electron chi connectivity index (χ0n) is 11.2. The molecule has 0 spiro atoms. The van der Waals surface area contributed by atoms with Crippen LogP contribution in [0.1, 0.15) is 32.6 Å². The molecule has 0 aromatic heterocycles. The van der Waals surface area contributed by atoms with Gasteiger partial charge in [-0.1, -0.05) is 18.2 Å². The Kier molecular flexibility index (Phi) is 4.55. The minimum atomic E-state index is -0.350. The lowest BCUT2D eigenvalue weighted by molar-refractivity contribution is -0.118. The molecule has 1 fully saturated rings. The summed E-state index contributed by atoms with van der Waals surface area (Å²) >= 11 is 0. The topological polar surface area (TPSA) is 46.6 Å². The van der Waals surface area contributed by atoms with Gasteiger partial charge in [-0.15, -0.1) is 0 Å². The number of Topliss-reactive ketones (excluding diaryl/α,β-unsaturated/α-hetero) is 1. The lowest BCUT2D eigenvalue weighted by Gasteiger charge is -2.34. The molecule has 0 radical (unpaired) electrons. The lowest BCUT2D eigenvalue weighted by atomic mass is 9.98. The van der Waals surface area contributed by atoms with E-state index in [2.05, 4.69) is 0 Å². The van der Waals surface area contributed by atoms with Crippen LogP contribution in [-0.4, -0.2) is 29.4 Å². The number of benzene rings is 1. The molecule has 1 aliphatic heterocycles. The zero-order valence-corrected chi connectivity index (χ0v) is 11.2. The molecule has 1 heterocycles. The number of carbonyl (C=O) groups is 2. The number of amides is 1. The zero-order chi connectivity index (χ0) is 13.7. The number of rotatable bonds is 3. The predicted molar refractivity (Wildman–Crippen MR) is 72.1 cm³/mol. The quantitative estimate of drug-likeness (QED) is 0.840. The van der Waals surface area contributed by atoms with Crippen LogP contribution in [0, 0.1) is 0 Å². The van der Waals surface area contributed by atoms with Crippen LogP contribution in [0.25, 0.3) is 0 Å². The van der Waals surface area contributed by atoms with Crippen molar-refractivity contribution in [1.82, 2.24) is 4.90 Å². The number of piperidine rings is 1. The Balaban J connectivity index is 2.01. The third-order valence-electron chi connectivity index (χ3n) is 3.33. The third kappa shape index (κ3) is 3.81. The smallest absolute Gasteiger partial charge is 0.410 e. The standard InChI is InChI=1S/C15H19NO3/c1-12(17)11-13-7-5-6-10-16(13)15(18)19-14-8-3-2-4-9-14/h2-4,8-9,13H,5-7,10-11H2,1H3. The van der Waals surface area contributed by atoms with Gasteiger partial charge in [0.2, 0.25) is 0 Å². The first kappa shape index (κ1) is 13.6. The summed E-state index contributed by atoms with van der Waals surface area (Å²) < 4.78 is 5.34. The van der Waals surface area contributed by atoms with Crippen molar-refractivity contribution in [2.24, 2.45) is 0 Å². The first-order valence-electron chi connectivity index (χ1n) is 6.70. The number of ketones is 1. The highest BCUT2D eigenvalue weighted by molar-refractivity contribution is 5.77. The fraction of sp³-hybridized carbons (Fsp3) is 0.467. The van der Waals surface area contributed by atoms with E-state index in [1.54, 1.807) is 24.0 Å². The van der Waals surface area contributed by atoms with Gasteiger partial charge in [0, 0.05) is 19.0 Å². The van der Waals surface area contributed by atoms with Crippen LogP contribution in [0.4, 0.5) is 4.79 Å². The van der Waals surface area contributed by atoms with Gasteiger partial charge in [-0.25, -0.2) is 4.79 Å². The SMILES string of the molecule is CC(=O)CC1CCCCN1C(=O)Oc1ccccc1. The molecule has 0 bridgehead atoms. The van der Waals surface area contributed by atoms with E-state index < -0.39 is 0 Å². The number of nitrogens with zero attached hydrogens (tertiary/aromatic N) is 1. The Morgan fingerprint density at radius 3 is 2.68 bits per heavy atom. The van der Waals surface area contributed by atoms with Crippen molar-refractivity contribution >= 4 is 11.9 Å². The van der Waals surface area contributed by atoms with Crippen molar-refractivity contribution in [2.75, 3.05) is 6.54 Å². The molecule has 4 heteroatoms. The molecule has 102 valence electrons. The molecule has 2 rings (SSSR count). The van der Waals surface area contributed by atoms with E-state index in [1.807, 2.05) is 18.2 Å². The highest BCUT2D eigenvalue weighted by atomic mass is 16.6. The molecule has 1 aromatic rings. The van der Waals surface area contributed by atoms with Crippen LogP contribution in [0.15, 0.2) is 30.3 Å². The van der Waals surface area contributed by atoms with Crippen molar-refractivity contribution < 1.29 is 14.3 Å². The number of ether oxygens (including phenoxy) is 1. The van der Waals surface area contributed by atoms with E-state index in [-0.39, 0.29) is 17.9 Å². The number of hydrogen-bond acceptors (Lipinski definition) is 3. The van der Waals surface area contributed by atoms with E-state index >= 15 is 0 Å². The van der Waals surface area contributed by atoms with E-state index in [1.165, 1.54) is 0 Å². The van der Waals surface area contributed by atoms with Crippen LogP contribution in [0.2, 0.25) is 0 Å². The van der Waals surface area contributed by atoms with Crippen LogP contribution >= 0.6 is 0 Å². The Hall–Kier alpha value is -1.84. The summed E-state index contributed by atoms with van der Waals surface area (Å²) in [5.41, 5.74) is 0. The summed E-state index contributed by atoms with van der Waals surface area (Å²) in [7, 11) is 0. The van der Waals surface area contributed by atoms with Gasteiger partial charge in [-0.3, -0.25) is 4.79 Å². The lowest BCUT2D eigenvalue weighted by Crippen LogP contribution is -2.45. The molecule has 1 atom stereocenters. The number of para-hydroxylation sites is 1. The Labute approximate surface area is 113 Å². The second-order valence-electron chi connectivity index (χ2n) is 4.93. The van der Waals surface area contributed by atoms with Gasteiger partial charge in [0.25, 0.3) is 0 Å². The molecule has 1 aromatic carbocycles. The average molecular weight is 261 g/mol. The maximum Gasteiger partial charge on any atom is 0.415 e. The molecule has 0 N–H and O–H groups in total. The fourth-order valence-corrected chi connectivity index (χ4v) is 2.43. The van der Waals surface area contributed by atoms with Gasteiger partial charge < -0.3 is 9.64 Å². The van der Waals surface area contributed by atoms with Gasteiger partial charge in [0.15, 0.2) is 0 Å². The predicted octanol–water partition coefficient (Wildman–Crippen LogP) is 3.02. The molecule has 1 saturated heterocycles. The van der Waals surface area contributed by atoms with Crippen molar-refractivity contribution in [1.29, 1.82) is 0 Å². The second-order valence-corrected chi connectivity index (χ2v) is 4.93. The van der Waals surface area contributed by atoms with E-state index in [4.69, 9.17) is 4.74 Å². The summed E-state index contributed by atoms with van der Waals surface area (Å²) in [6.45, 7) is 2.24. The van der Waals surface area contributed by atoms with Crippen molar-refractivity contribution in [3.05, 3.63) is 30.3 Å². The van der Waals surface area contributed by atoms with Crippen LogP contribution in [-0.2, 0) is 4.79 Å². The van der Waals surface area contributed by atoms with Gasteiger partial charge in [0.05, 0.1) is 0 Å². The third-order valence-corrected chi connectivity index (χ3v) is 3.33. The molecule has 19 heavy (non-hydrogen) atoms. The van der Waals surface area contributed by atoms with Gasteiger partial charge in [-0.2, -0.15) is 0 Å². The molecule has 1 unspecified atom stereocenters. The maximum absolute atomic E-state index is 12.2. The monoisotopic (exact) mass is 261 g/mol. The number of carbonyl (C=O) groups excluding carboxylic acids is 2. The van der Waals surface area contributed by atoms with Crippen LogP contribution in [0.5, 0.6) is 5.75 Å². The van der Waals surface area contributed by atoms with Gasteiger partial charge >= 0.3 is 6.09 Å². The molecule has 4 nitrogen and oxygen atoms in total. The summed E-state index contributed by atoms with van der Waals surface area (Å²) in [5, 5.41) is 0.